The topological polar surface area (TPSA) is 99.4 Å². The highest BCUT2D eigenvalue weighted by Gasteiger charge is 2.22. The highest BCUT2D eigenvalue weighted by molar-refractivity contribution is 5.87. The second-order valence-corrected chi connectivity index (χ2v) is 9.15. The highest BCUT2D eigenvalue weighted by atomic mass is 16.5. The van der Waals surface area contributed by atoms with Gasteiger partial charge < -0.3 is 19.6 Å². The maximum atomic E-state index is 13.0. The number of rotatable bonds is 7. The lowest BCUT2D eigenvalue weighted by Gasteiger charge is -2.31. The number of nitrogens with zero attached hydrogens (tertiary/aromatic N) is 1. The van der Waals surface area contributed by atoms with Crippen molar-refractivity contribution in [3.8, 4) is 5.75 Å². The molecule has 0 radical (unpaired) electrons. The Morgan fingerprint density at radius 1 is 1.18 bits per heavy atom. The highest BCUT2D eigenvalue weighted by Crippen LogP contribution is 2.30. The fourth-order valence-corrected chi connectivity index (χ4v) is 4.79. The maximum absolute atomic E-state index is 13.0. The molecule has 1 aromatic heterocycles. The van der Waals surface area contributed by atoms with Crippen LogP contribution >= 0.6 is 0 Å². The molecule has 0 bridgehead atoms. The van der Waals surface area contributed by atoms with Gasteiger partial charge in [0.15, 0.2) is 0 Å². The van der Waals surface area contributed by atoms with Crippen LogP contribution in [0.3, 0.4) is 0 Å². The molecule has 2 aromatic carbocycles. The van der Waals surface area contributed by atoms with Crippen LogP contribution in [0.2, 0.25) is 0 Å². The zero-order valence-electron chi connectivity index (χ0n) is 20.1. The minimum absolute atomic E-state index is 0.0893. The molecule has 4 rings (SSSR count). The van der Waals surface area contributed by atoms with Gasteiger partial charge in [0.1, 0.15) is 12.1 Å². The van der Waals surface area contributed by atoms with Gasteiger partial charge in [-0.2, -0.15) is 0 Å². The molecule has 1 aliphatic rings. The third-order valence-corrected chi connectivity index (χ3v) is 6.93. The van der Waals surface area contributed by atoms with Crippen LogP contribution in [0.1, 0.15) is 40.7 Å². The normalized spacial score (nSPS) is 15.0. The Morgan fingerprint density at radius 3 is 2.56 bits per heavy atom. The van der Waals surface area contributed by atoms with E-state index in [1.165, 1.54) is 12.7 Å². The maximum Gasteiger partial charge on any atom is 0.340 e. The van der Waals surface area contributed by atoms with Crippen molar-refractivity contribution in [3.05, 3.63) is 74.6 Å². The molecule has 7 heteroatoms. The minimum atomic E-state index is -0.598. The second kappa shape index (κ2) is 10.4. The number of benzene rings is 2. The number of esters is 1. The second-order valence-electron chi connectivity index (χ2n) is 9.15. The summed E-state index contributed by atoms with van der Waals surface area (Å²) in [6.45, 7) is 7.11. The van der Waals surface area contributed by atoms with E-state index in [1.54, 1.807) is 13.8 Å². The van der Waals surface area contributed by atoms with E-state index in [0.717, 1.165) is 32.5 Å². The number of aryl methyl sites for hydroxylation is 2. The molecule has 1 fully saturated rings. The SMILES string of the molecule is COC(=O)Cc1c(C)c2cc(C[NH2+]C3CCN(Cc4ccccc4)CC3)c([O-])c(C)c2oc1=O. The number of methoxy groups -OCH3 is 1. The van der Waals surface area contributed by atoms with E-state index in [-0.39, 0.29) is 17.7 Å². The van der Waals surface area contributed by atoms with Crippen LogP contribution in [0.25, 0.3) is 11.0 Å². The zero-order valence-corrected chi connectivity index (χ0v) is 20.1. The van der Waals surface area contributed by atoms with Gasteiger partial charge in [-0.25, -0.2) is 4.79 Å². The first kappa shape index (κ1) is 24.0. The lowest BCUT2D eigenvalue weighted by molar-refractivity contribution is -0.707. The summed E-state index contributed by atoms with van der Waals surface area (Å²) in [5.74, 6) is -0.590. The number of likely N-dealkylation sites (tertiary alicyclic amines) is 1. The molecular weight excluding hydrogens is 432 g/mol. The lowest BCUT2D eigenvalue weighted by Crippen LogP contribution is -2.89. The van der Waals surface area contributed by atoms with Crippen molar-refractivity contribution < 1.29 is 24.4 Å². The van der Waals surface area contributed by atoms with Crippen LogP contribution < -0.4 is 16.0 Å². The Bertz CT molecular complexity index is 1230. The molecule has 3 aromatic rings. The van der Waals surface area contributed by atoms with Crippen molar-refractivity contribution in [3.63, 3.8) is 0 Å². The Balaban J connectivity index is 1.46. The first-order chi connectivity index (χ1) is 16.4. The van der Waals surface area contributed by atoms with Crippen LogP contribution in [-0.4, -0.2) is 37.1 Å². The number of hydrogen-bond acceptors (Lipinski definition) is 6. The summed E-state index contributed by atoms with van der Waals surface area (Å²) in [5.41, 5.74) is 3.11. The number of fused-ring (bicyclic) bond motifs is 1. The summed E-state index contributed by atoms with van der Waals surface area (Å²) in [4.78, 5) is 26.7. The fraction of sp³-hybridized carbons (Fsp3) is 0.407. The first-order valence-electron chi connectivity index (χ1n) is 11.8. The molecule has 0 aliphatic carbocycles. The average Bonchev–Trinajstić information content (AvgIpc) is 2.85. The summed E-state index contributed by atoms with van der Waals surface area (Å²) in [6.07, 6.45) is 2.00. The van der Waals surface area contributed by atoms with Gasteiger partial charge in [-0.05, 0) is 42.2 Å². The predicted molar refractivity (Wildman–Crippen MR) is 127 cm³/mol. The van der Waals surface area contributed by atoms with Crippen molar-refractivity contribution in [2.45, 2.75) is 52.2 Å². The summed E-state index contributed by atoms with van der Waals surface area (Å²) < 4.78 is 10.2. The van der Waals surface area contributed by atoms with Crippen LogP contribution in [0.4, 0.5) is 0 Å². The number of carbonyl (C=O) groups excluding carboxylic acids is 1. The van der Waals surface area contributed by atoms with E-state index >= 15 is 0 Å². The molecule has 0 unspecified atom stereocenters. The lowest BCUT2D eigenvalue weighted by atomic mass is 9.98. The average molecular weight is 465 g/mol. The number of carbonyl (C=O) groups is 1. The number of quaternary nitrogens is 1. The molecule has 0 atom stereocenters. The molecule has 0 spiro atoms. The van der Waals surface area contributed by atoms with Gasteiger partial charge in [-0.3, -0.25) is 9.69 Å². The molecule has 0 amide bonds. The number of piperidine rings is 1. The van der Waals surface area contributed by atoms with Gasteiger partial charge in [0, 0.05) is 37.9 Å². The number of ether oxygens (including phenoxy) is 1. The summed E-state index contributed by atoms with van der Waals surface area (Å²) in [6, 6.07) is 12.8. The van der Waals surface area contributed by atoms with E-state index in [4.69, 9.17) is 9.15 Å². The standard InChI is InChI=1S/C27H32N2O5/c1-17-22-13-20(25(31)18(2)26(22)34-27(32)23(17)14-24(30)33-3)15-28-21-9-11-29(12-10-21)16-19-7-5-4-6-8-19/h4-8,13,21,28,31H,9-12,14-16H2,1-3H3. The van der Waals surface area contributed by atoms with Gasteiger partial charge in [-0.1, -0.05) is 36.1 Å². The molecule has 0 saturated carbocycles. The van der Waals surface area contributed by atoms with E-state index < -0.39 is 11.6 Å². The third-order valence-electron chi connectivity index (χ3n) is 6.93. The molecule has 34 heavy (non-hydrogen) atoms. The van der Waals surface area contributed by atoms with Crippen molar-refractivity contribution in [1.29, 1.82) is 0 Å². The monoisotopic (exact) mass is 464 g/mol. The Hall–Kier alpha value is -3.16. The smallest absolute Gasteiger partial charge is 0.340 e. The largest absolute Gasteiger partial charge is 0.872 e. The van der Waals surface area contributed by atoms with Crippen LogP contribution in [0.5, 0.6) is 5.75 Å². The van der Waals surface area contributed by atoms with Gasteiger partial charge in [0.25, 0.3) is 0 Å². The van der Waals surface area contributed by atoms with Crippen molar-refractivity contribution >= 4 is 16.9 Å². The Labute approximate surface area is 199 Å². The molecule has 2 N–H and O–H groups in total. The first-order valence-corrected chi connectivity index (χ1v) is 11.8. The summed E-state index contributed by atoms with van der Waals surface area (Å²) >= 11 is 0. The third kappa shape index (κ3) is 5.16. The van der Waals surface area contributed by atoms with Gasteiger partial charge in [0.05, 0.1) is 25.1 Å². The van der Waals surface area contributed by atoms with Gasteiger partial charge in [0.2, 0.25) is 0 Å². The predicted octanol–water partition coefficient (Wildman–Crippen LogP) is 1.93. The zero-order chi connectivity index (χ0) is 24.2. The summed E-state index contributed by atoms with van der Waals surface area (Å²) in [5, 5.41) is 15.9. The van der Waals surface area contributed by atoms with Gasteiger partial charge in [-0.15, -0.1) is 0 Å². The Kier molecular flexibility index (Phi) is 7.34. The number of hydrogen-bond donors (Lipinski definition) is 1. The molecule has 180 valence electrons. The molecule has 7 nitrogen and oxygen atoms in total. The van der Waals surface area contributed by atoms with E-state index in [1.807, 2.05) is 12.1 Å². The van der Waals surface area contributed by atoms with Crippen LogP contribution in [0, 0.1) is 13.8 Å². The van der Waals surface area contributed by atoms with E-state index in [2.05, 4.69) is 34.5 Å². The summed E-state index contributed by atoms with van der Waals surface area (Å²) in [7, 11) is 1.29. The van der Waals surface area contributed by atoms with Crippen molar-refractivity contribution in [2.75, 3.05) is 20.2 Å². The van der Waals surface area contributed by atoms with E-state index in [9.17, 15) is 14.7 Å². The molecule has 2 heterocycles. The molecule has 1 aliphatic heterocycles. The van der Waals surface area contributed by atoms with Crippen molar-refractivity contribution in [2.24, 2.45) is 0 Å². The quantitative estimate of drug-likeness (QED) is 0.424. The van der Waals surface area contributed by atoms with Crippen LogP contribution in [-0.2, 0) is 29.0 Å². The Morgan fingerprint density at radius 2 is 1.88 bits per heavy atom. The minimum Gasteiger partial charge on any atom is -0.872 e. The fourth-order valence-electron chi connectivity index (χ4n) is 4.79. The van der Waals surface area contributed by atoms with Crippen molar-refractivity contribution in [1.82, 2.24) is 4.90 Å². The molecular formula is C27H32N2O5. The van der Waals surface area contributed by atoms with E-state index in [0.29, 0.717) is 40.2 Å². The van der Waals surface area contributed by atoms with Gasteiger partial charge >= 0.3 is 11.6 Å². The van der Waals surface area contributed by atoms with Crippen LogP contribution in [0.15, 0.2) is 45.6 Å². The number of nitrogens with two attached hydrogens (primary N) is 1. The molecule has 1 saturated heterocycles.